The molecule has 19 heavy (non-hydrogen) atoms. The Kier molecular flexibility index (Phi) is 3.66. The zero-order chi connectivity index (χ0) is 14.0. The molecule has 1 aromatic carbocycles. The molecule has 1 aromatic heterocycles. The van der Waals surface area contributed by atoms with Crippen LogP contribution in [0, 0.1) is 5.82 Å². The number of aromatic nitrogens is 1. The lowest BCUT2D eigenvalue weighted by atomic mass is 10.1. The number of carboxylic acids is 1. The summed E-state index contributed by atoms with van der Waals surface area (Å²) in [6, 6.07) is 6.83. The van der Waals surface area contributed by atoms with Crippen LogP contribution < -0.4 is 4.74 Å². The number of carbonyl (C=O) groups is 1. The Morgan fingerprint density at radius 3 is 2.79 bits per heavy atom. The number of methoxy groups -OCH3 is 1. The first-order valence-corrected chi connectivity index (χ1v) is 5.64. The molecule has 0 bridgehead atoms. The van der Waals surface area contributed by atoms with E-state index < -0.39 is 11.8 Å². The van der Waals surface area contributed by atoms with Gasteiger partial charge in [-0.25, -0.2) is 14.2 Å². The van der Waals surface area contributed by atoms with E-state index in [-0.39, 0.29) is 22.2 Å². The van der Waals surface area contributed by atoms with Gasteiger partial charge in [-0.3, -0.25) is 0 Å². The number of halogens is 2. The van der Waals surface area contributed by atoms with Crippen molar-refractivity contribution in [2.24, 2.45) is 0 Å². The Morgan fingerprint density at radius 2 is 2.16 bits per heavy atom. The molecular weight excluding hydrogens is 273 g/mol. The molecule has 4 nitrogen and oxygen atoms in total. The first-order chi connectivity index (χ1) is 9.02. The van der Waals surface area contributed by atoms with E-state index in [0.29, 0.717) is 5.56 Å². The Labute approximate surface area is 113 Å². The molecule has 6 heteroatoms. The van der Waals surface area contributed by atoms with Crippen molar-refractivity contribution in [3.05, 3.63) is 46.7 Å². The number of benzene rings is 1. The van der Waals surface area contributed by atoms with Gasteiger partial charge in [0.05, 0.1) is 23.4 Å². The SMILES string of the molecule is COc1cc(C(=O)O)cc(-c2cccc(F)c2Cl)n1. The number of nitrogens with zero attached hydrogens (tertiary/aromatic N) is 1. The maximum Gasteiger partial charge on any atom is 0.335 e. The molecule has 0 saturated heterocycles. The van der Waals surface area contributed by atoms with Crippen LogP contribution in [-0.2, 0) is 0 Å². The first kappa shape index (κ1) is 13.3. The van der Waals surface area contributed by atoms with E-state index in [4.69, 9.17) is 21.4 Å². The lowest BCUT2D eigenvalue weighted by Crippen LogP contribution is -2.00. The fraction of sp³-hybridized carbons (Fsp3) is 0.0769. The van der Waals surface area contributed by atoms with Crippen LogP contribution in [0.5, 0.6) is 5.88 Å². The fourth-order valence-corrected chi connectivity index (χ4v) is 1.80. The molecule has 0 radical (unpaired) electrons. The molecule has 0 spiro atoms. The standard InChI is InChI=1S/C13H9ClFNO3/c1-19-11-6-7(13(17)18)5-10(16-11)8-3-2-4-9(15)12(8)14/h2-6H,1H3,(H,17,18). The minimum Gasteiger partial charge on any atom is -0.481 e. The number of pyridine rings is 1. The maximum atomic E-state index is 13.4. The summed E-state index contributed by atoms with van der Waals surface area (Å²) >= 11 is 5.85. The van der Waals surface area contributed by atoms with Crippen LogP contribution in [0.25, 0.3) is 11.3 Å². The quantitative estimate of drug-likeness (QED) is 0.938. The molecule has 1 N–H and O–H groups in total. The van der Waals surface area contributed by atoms with Gasteiger partial charge in [0.2, 0.25) is 5.88 Å². The molecule has 2 rings (SSSR count). The predicted octanol–water partition coefficient (Wildman–Crippen LogP) is 3.25. The van der Waals surface area contributed by atoms with Crippen molar-refractivity contribution in [3.8, 4) is 17.1 Å². The van der Waals surface area contributed by atoms with Gasteiger partial charge < -0.3 is 9.84 Å². The highest BCUT2D eigenvalue weighted by atomic mass is 35.5. The molecule has 0 amide bonds. The number of hydrogen-bond donors (Lipinski definition) is 1. The average Bonchev–Trinajstić information content (AvgIpc) is 2.41. The van der Waals surface area contributed by atoms with E-state index in [1.165, 1.54) is 31.4 Å². The highest BCUT2D eigenvalue weighted by Gasteiger charge is 2.14. The third-order valence-electron chi connectivity index (χ3n) is 2.49. The van der Waals surface area contributed by atoms with Gasteiger partial charge in [-0.1, -0.05) is 23.7 Å². The van der Waals surface area contributed by atoms with Crippen molar-refractivity contribution >= 4 is 17.6 Å². The van der Waals surface area contributed by atoms with Crippen LogP contribution in [0.1, 0.15) is 10.4 Å². The van der Waals surface area contributed by atoms with Crippen molar-refractivity contribution in [2.75, 3.05) is 7.11 Å². The molecule has 0 unspecified atom stereocenters. The van der Waals surface area contributed by atoms with E-state index in [0.717, 1.165) is 0 Å². The van der Waals surface area contributed by atoms with Crippen LogP contribution >= 0.6 is 11.6 Å². The van der Waals surface area contributed by atoms with Crippen molar-refractivity contribution in [3.63, 3.8) is 0 Å². The maximum absolute atomic E-state index is 13.4. The van der Waals surface area contributed by atoms with Gasteiger partial charge in [-0.2, -0.15) is 0 Å². The van der Waals surface area contributed by atoms with E-state index >= 15 is 0 Å². The fourth-order valence-electron chi connectivity index (χ4n) is 1.57. The van der Waals surface area contributed by atoms with Crippen LogP contribution in [-0.4, -0.2) is 23.2 Å². The second-order valence-electron chi connectivity index (χ2n) is 3.69. The number of aromatic carboxylic acids is 1. The second-order valence-corrected chi connectivity index (χ2v) is 4.07. The molecule has 0 atom stereocenters. The van der Waals surface area contributed by atoms with Gasteiger partial charge in [-0.05, 0) is 12.1 Å². The second kappa shape index (κ2) is 5.24. The third-order valence-corrected chi connectivity index (χ3v) is 2.87. The molecule has 1 heterocycles. The molecule has 0 aliphatic rings. The summed E-state index contributed by atoms with van der Waals surface area (Å²) in [5, 5.41) is 8.90. The number of ether oxygens (including phenoxy) is 1. The van der Waals surface area contributed by atoms with Gasteiger partial charge in [0.15, 0.2) is 0 Å². The van der Waals surface area contributed by atoms with Crippen LogP contribution in [0.4, 0.5) is 4.39 Å². The highest BCUT2D eigenvalue weighted by Crippen LogP contribution is 2.30. The van der Waals surface area contributed by atoms with Crippen molar-refractivity contribution < 1.29 is 19.0 Å². The van der Waals surface area contributed by atoms with E-state index in [2.05, 4.69) is 4.98 Å². The van der Waals surface area contributed by atoms with Crippen molar-refractivity contribution in [1.29, 1.82) is 0 Å². The Morgan fingerprint density at radius 1 is 1.42 bits per heavy atom. The van der Waals surface area contributed by atoms with Crippen LogP contribution in [0.3, 0.4) is 0 Å². The van der Waals surface area contributed by atoms with Crippen LogP contribution in [0.2, 0.25) is 5.02 Å². The minimum absolute atomic E-state index is 0.0119. The van der Waals surface area contributed by atoms with Crippen molar-refractivity contribution in [2.45, 2.75) is 0 Å². The summed E-state index contributed by atoms with van der Waals surface area (Å²) in [6.07, 6.45) is 0. The highest BCUT2D eigenvalue weighted by molar-refractivity contribution is 6.33. The van der Waals surface area contributed by atoms with Gasteiger partial charge in [0.25, 0.3) is 0 Å². The third kappa shape index (κ3) is 2.66. The topological polar surface area (TPSA) is 59.4 Å². The molecule has 2 aromatic rings. The van der Waals surface area contributed by atoms with E-state index in [9.17, 15) is 9.18 Å². The zero-order valence-electron chi connectivity index (χ0n) is 9.85. The lowest BCUT2D eigenvalue weighted by molar-refractivity contribution is 0.0696. The van der Waals surface area contributed by atoms with Gasteiger partial charge in [0.1, 0.15) is 5.82 Å². The monoisotopic (exact) mass is 281 g/mol. The normalized spacial score (nSPS) is 10.3. The zero-order valence-corrected chi connectivity index (χ0v) is 10.6. The van der Waals surface area contributed by atoms with E-state index in [1.807, 2.05) is 0 Å². The molecule has 0 saturated carbocycles. The molecule has 0 fully saturated rings. The molecule has 0 aliphatic carbocycles. The Balaban J connectivity index is 2.64. The van der Waals surface area contributed by atoms with Gasteiger partial charge in [-0.15, -0.1) is 0 Å². The number of carboxylic acid groups (broad SMARTS) is 1. The summed E-state index contributed by atoms with van der Waals surface area (Å²) in [7, 11) is 1.37. The smallest absolute Gasteiger partial charge is 0.335 e. The van der Waals surface area contributed by atoms with Gasteiger partial charge >= 0.3 is 5.97 Å². The average molecular weight is 282 g/mol. The number of rotatable bonds is 3. The first-order valence-electron chi connectivity index (χ1n) is 5.26. The summed E-state index contributed by atoms with van der Waals surface area (Å²) in [6.45, 7) is 0. The Hall–Kier alpha value is -2.14. The molecule has 0 aliphatic heterocycles. The van der Waals surface area contributed by atoms with Crippen LogP contribution in [0.15, 0.2) is 30.3 Å². The van der Waals surface area contributed by atoms with E-state index in [1.54, 1.807) is 6.07 Å². The van der Waals surface area contributed by atoms with Crippen molar-refractivity contribution in [1.82, 2.24) is 4.98 Å². The minimum atomic E-state index is -1.13. The summed E-state index contributed by atoms with van der Waals surface area (Å²) in [5.41, 5.74) is 0.534. The lowest BCUT2D eigenvalue weighted by Gasteiger charge is -2.08. The molecule has 98 valence electrons. The number of hydrogen-bond acceptors (Lipinski definition) is 3. The van der Waals surface area contributed by atoms with Gasteiger partial charge in [0, 0.05) is 11.6 Å². The molecular formula is C13H9ClFNO3. The Bertz CT molecular complexity index is 646. The summed E-state index contributed by atoms with van der Waals surface area (Å²) < 4.78 is 18.3. The summed E-state index contributed by atoms with van der Waals surface area (Å²) in [5.74, 6) is -1.61. The predicted molar refractivity (Wildman–Crippen MR) is 68.2 cm³/mol. The largest absolute Gasteiger partial charge is 0.481 e. The summed E-state index contributed by atoms with van der Waals surface area (Å²) in [4.78, 5) is 15.1.